The third kappa shape index (κ3) is 7.16. The molecule has 3 aromatic carbocycles. The molecule has 0 aliphatic carbocycles. The maximum atomic E-state index is 13.4. The van der Waals surface area contributed by atoms with Crippen molar-refractivity contribution in [2.45, 2.75) is 13.5 Å². The fraction of sp³-hybridized carbons (Fsp3) is 0.233. The molecule has 0 unspecified atom stereocenters. The summed E-state index contributed by atoms with van der Waals surface area (Å²) in [6.07, 6.45) is 1.81. The van der Waals surface area contributed by atoms with Gasteiger partial charge in [0.25, 0.3) is 11.8 Å². The first-order chi connectivity index (χ1) is 19.8. The van der Waals surface area contributed by atoms with Crippen molar-refractivity contribution in [2.24, 2.45) is 4.99 Å². The third-order valence-corrected chi connectivity index (χ3v) is 8.56. The SMILES string of the molecule is CCN1C(=O)/C(=C\c2cc(Br)ccc2OCc2ccc(Cl)cc2Cl)SC1=Nc1cccc(C(=O)N2CCOCC2)c1. The van der Waals surface area contributed by atoms with Gasteiger partial charge >= 0.3 is 0 Å². The maximum Gasteiger partial charge on any atom is 0.266 e. The summed E-state index contributed by atoms with van der Waals surface area (Å²) in [5.74, 6) is 0.395. The van der Waals surface area contributed by atoms with Crippen LogP contribution in [0.1, 0.15) is 28.4 Å². The van der Waals surface area contributed by atoms with Crippen LogP contribution in [0.5, 0.6) is 5.75 Å². The van der Waals surface area contributed by atoms with Gasteiger partial charge in [0.05, 0.1) is 23.8 Å². The second kappa shape index (κ2) is 13.4. The number of carbonyl (C=O) groups excluding carboxylic acids is 2. The van der Waals surface area contributed by atoms with E-state index in [1.165, 1.54) is 11.8 Å². The Morgan fingerprint density at radius 3 is 2.68 bits per heavy atom. The minimum absolute atomic E-state index is 0.0551. The predicted octanol–water partition coefficient (Wildman–Crippen LogP) is 7.43. The lowest BCUT2D eigenvalue weighted by Crippen LogP contribution is -2.40. The summed E-state index contributed by atoms with van der Waals surface area (Å²) in [4.78, 5) is 35.0. The van der Waals surface area contributed by atoms with E-state index >= 15 is 0 Å². The number of aliphatic imine (C=N–C) groups is 1. The topological polar surface area (TPSA) is 71.4 Å². The Labute approximate surface area is 261 Å². The lowest BCUT2D eigenvalue weighted by molar-refractivity contribution is -0.122. The average Bonchev–Trinajstić information content (AvgIpc) is 3.26. The number of halogens is 3. The van der Waals surface area contributed by atoms with Gasteiger partial charge in [-0.3, -0.25) is 14.5 Å². The Hall–Kier alpha value is -2.82. The van der Waals surface area contributed by atoms with Gasteiger partial charge in [0, 0.05) is 50.8 Å². The van der Waals surface area contributed by atoms with Crippen molar-refractivity contribution in [3.05, 3.63) is 96.8 Å². The number of ether oxygens (including phenoxy) is 2. The molecule has 212 valence electrons. The molecule has 11 heteroatoms. The average molecular weight is 675 g/mol. The van der Waals surface area contributed by atoms with Crippen molar-refractivity contribution >= 4 is 79.6 Å². The lowest BCUT2D eigenvalue weighted by atomic mass is 10.1. The first-order valence-electron chi connectivity index (χ1n) is 13.0. The molecular formula is C30H26BrCl2N3O4S. The van der Waals surface area contributed by atoms with E-state index in [9.17, 15) is 9.59 Å². The van der Waals surface area contributed by atoms with Crippen LogP contribution in [-0.2, 0) is 16.1 Å². The van der Waals surface area contributed by atoms with E-state index < -0.39 is 0 Å². The van der Waals surface area contributed by atoms with E-state index in [4.69, 9.17) is 37.7 Å². The van der Waals surface area contributed by atoms with Crippen molar-refractivity contribution in [3.8, 4) is 5.75 Å². The van der Waals surface area contributed by atoms with Gasteiger partial charge in [-0.1, -0.05) is 51.3 Å². The highest BCUT2D eigenvalue weighted by Gasteiger charge is 2.32. The first-order valence-corrected chi connectivity index (χ1v) is 15.3. The van der Waals surface area contributed by atoms with Gasteiger partial charge in [0.1, 0.15) is 12.4 Å². The van der Waals surface area contributed by atoms with Crippen LogP contribution in [0.3, 0.4) is 0 Å². The molecule has 5 rings (SSSR count). The molecule has 2 saturated heterocycles. The molecule has 0 bridgehead atoms. The standard InChI is InChI=1S/C30H26BrCl2N3O4S/c1-2-36-29(38)27(16-21-14-22(31)7-9-26(21)40-18-20-6-8-23(32)17-25(20)33)41-30(36)34-24-5-3-4-19(15-24)28(37)35-10-12-39-13-11-35/h3-9,14-17H,2,10-13,18H2,1H3/b27-16+,34-30?. The molecule has 0 N–H and O–H groups in total. The summed E-state index contributed by atoms with van der Waals surface area (Å²) in [6.45, 7) is 4.78. The number of amidine groups is 1. The van der Waals surface area contributed by atoms with Gasteiger partial charge in [-0.2, -0.15) is 0 Å². The van der Waals surface area contributed by atoms with Crippen LogP contribution in [-0.4, -0.2) is 59.6 Å². The molecule has 0 atom stereocenters. The van der Waals surface area contributed by atoms with E-state index in [2.05, 4.69) is 15.9 Å². The fourth-order valence-corrected chi connectivity index (χ4v) is 6.23. The van der Waals surface area contributed by atoms with E-state index in [-0.39, 0.29) is 18.4 Å². The summed E-state index contributed by atoms with van der Waals surface area (Å²) in [5, 5.41) is 1.62. The van der Waals surface area contributed by atoms with Gasteiger partial charge in [-0.05, 0) is 73.3 Å². The maximum absolute atomic E-state index is 13.4. The Bertz CT molecular complexity index is 1540. The molecule has 2 aliphatic rings. The number of benzene rings is 3. The molecule has 0 radical (unpaired) electrons. The highest BCUT2D eigenvalue weighted by Crippen LogP contribution is 2.36. The smallest absolute Gasteiger partial charge is 0.266 e. The van der Waals surface area contributed by atoms with Crippen LogP contribution in [0.2, 0.25) is 10.0 Å². The van der Waals surface area contributed by atoms with Crippen LogP contribution in [0.4, 0.5) is 5.69 Å². The number of hydrogen-bond donors (Lipinski definition) is 0. The molecule has 2 fully saturated rings. The van der Waals surface area contributed by atoms with Crippen molar-refractivity contribution in [1.29, 1.82) is 0 Å². The van der Waals surface area contributed by atoms with Gasteiger partial charge in [-0.15, -0.1) is 0 Å². The first kappa shape index (κ1) is 29.7. The number of carbonyl (C=O) groups is 2. The molecule has 0 spiro atoms. The fourth-order valence-electron chi connectivity index (χ4n) is 4.34. The van der Waals surface area contributed by atoms with Crippen molar-refractivity contribution in [3.63, 3.8) is 0 Å². The molecule has 0 saturated carbocycles. The Kier molecular flexibility index (Phi) is 9.72. The van der Waals surface area contributed by atoms with Crippen LogP contribution < -0.4 is 4.74 Å². The zero-order valence-corrected chi connectivity index (χ0v) is 26.0. The number of rotatable bonds is 7. The second-order valence-electron chi connectivity index (χ2n) is 9.22. The van der Waals surface area contributed by atoms with Crippen molar-refractivity contribution < 1.29 is 19.1 Å². The number of nitrogens with zero attached hydrogens (tertiary/aromatic N) is 3. The van der Waals surface area contributed by atoms with Crippen molar-refractivity contribution in [2.75, 3.05) is 32.8 Å². The Morgan fingerprint density at radius 1 is 1.12 bits per heavy atom. The minimum atomic E-state index is -0.150. The highest BCUT2D eigenvalue weighted by molar-refractivity contribution is 9.10. The Morgan fingerprint density at radius 2 is 1.93 bits per heavy atom. The van der Waals surface area contributed by atoms with Crippen LogP contribution >= 0.6 is 50.9 Å². The van der Waals surface area contributed by atoms with E-state index in [0.717, 1.165) is 15.6 Å². The van der Waals surface area contributed by atoms with Crippen LogP contribution in [0.15, 0.2) is 75.0 Å². The monoisotopic (exact) mass is 673 g/mol. The van der Waals surface area contributed by atoms with Crippen LogP contribution in [0.25, 0.3) is 6.08 Å². The number of morpholine rings is 1. The molecule has 7 nitrogen and oxygen atoms in total. The zero-order valence-electron chi connectivity index (χ0n) is 22.1. The molecule has 41 heavy (non-hydrogen) atoms. The van der Waals surface area contributed by atoms with Gasteiger partial charge in [-0.25, -0.2) is 4.99 Å². The quantitative estimate of drug-likeness (QED) is 0.244. The lowest BCUT2D eigenvalue weighted by Gasteiger charge is -2.26. The second-order valence-corrected chi connectivity index (χ2v) is 12.0. The van der Waals surface area contributed by atoms with Gasteiger partial charge < -0.3 is 14.4 Å². The molecule has 2 amide bonds. The molecule has 0 aromatic heterocycles. The Balaban J connectivity index is 1.38. The summed E-state index contributed by atoms with van der Waals surface area (Å²) >= 11 is 17.1. The summed E-state index contributed by atoms with van der Waals surface area (Å²) in [6, 6.07) is 18.0. The van der Waals surface area contributed by atoms with Crippen molar-refractivity contribution in [1.82, 2.24) is 9.80 Å². The summed E-state index contributed by atoms with van der Waals surface area (Å²) in [5.41, 5.74) is 2.68. The molecular weight excluding hydrogens is 649 g/mol. The van der Waals surface area contributed by atoms with Gasteiger partial charge in [0.15, 0.2) is 5.17 Å². The third-order valence-electron chi connectivity index (χ3n) is 6.48. The molecule has 3 aromatic rings. The highest BCUT2D eigenvalue weighted by atomic mass is 79.9. The molecule has 2 aliphatic heterocycles. The van der Waals surface area contributed by atoms with E-state index in [0.29, 0.717) is 70.0 Å². The molecule has 2 heterocycles. The number of thioether (sulfide) groups is 1. The number of hydrogen-bond acceptors (Lipinski definition) is 6. The van der Waals surface area contributed by atoms with E-state index in [1.807, 2.05) is 37.3 Å². The summed E-state index contributed by atoms with van der Waals surface area (Å²) in [7, 11) is 0. The number of amides is 2. The van der Waals surface area contributed by atoms with Crippen LogP contribution in [0, 0.1) is 0 Å². The normalized spacial score (nSPS) is 17.5. The zero-order chi connectivity index (χ0) is 28.9. The van der Waals surface area contributed by atoms with Gasteiger partial charge in [0.2, 0.25) is 0 Å². The van der Waals surface area contributed by atoms with E-state index in [1.54, 1.807) is 46.2 Å². The minimum Gasteiger partial charge on any atom is -0.488 e. The predicted molar refractivity (Wildman–Crippen MR) is 168 cm³/mol. The number of likely N-dealkylation sites (N-methyl/N-ethyl adjacent to an activating group) is 1. The summed E-state index contributed by atoms with van der Waals surface area (Å²) < 4.78 is 12.3. The largest absolute Gasteiger partial charge is 0.488 e.